The molecular formula is C35H56O5Si2. The monoisotopic (exact) mass is 612 g/mol. The van der Waals surface area contributed by atoms with Crippen LogP contribution in [0.4, 0.5) is 0 Å². The van der Waals surface area contributed by atoms with Gasteiger partial charge in [-0.1, -0.05) is 114 Å². The molecule has 1 fully saturated rings. The predicted molar refractivity (Wildman–Crippen MR) is 180 cm³/mol. The molecule has 2 aromatic rings. The molecule has 1 unspecified atom stereocenters. The van der Waals surface area contributed by atoms with E-state index in [2.05, 4.69) is 134 Å². The fraction of sp³-hybridized carbons (Fsp3) is 0.600. The Labute approximate surface area is 257 Å². The average molecular weight is 613 g/mol. The van der Waals surface area contributed by atoms with Crippen LogP contribution in [0.15, 0.2) is 72.8 Å². The molecule has 0 aromatic heterocycles. The standard InChI is InChI=1S/C35H56O5Si2/c1-27(39-42(34(5,6)7,28-20-14-12-15-21-28)29-22-16-13-17-23-29)19-18-24-31(40-41(10,11)33(2,3)4)32-30(25-26-36)37-35(8,9)38-32/h12-18,20-24,27,30-32,36H,19,25-26H2,1-11H3/b24-18-/t27-,30+,31?,32+/m1/s1. The van der Waals surface area contributed by atoms with E-state index in [-0.39, 0.29) is 41.1 Å². The summed E-state index contributed by atoms with van der Waals surface area (Å²) in [5.74, 6) is -0.729. The van der Waals surface area contributed by atoms with Gasteiger partial charge in [-0.2, -0.15) is 0 Å². The minimum Gasteiger partial charge on any atom is -0.408 e. The van der Waals surface area contributed by atoms with Crippen LogP contribution in [-0.4, -0.2) is 58.6 Å². The highest BCUT2D eigenvalue weighted by Gasteiger charge is 2.51. The van der Waals surface area contributed by atoms with Gasteiger partial charge < -0.3 is 23.4 Å². The molecule has 0 spiro atoms. The Morgan fingerprint density at radius 3 is 1.83 bits per heavy atom. The molecule has 1 heterocycles. The summed E-state index contributed by atoms with van der Waals surface area (Å²) in [6, 6.07) is 21.6. The van der Waals surface area contributed by atoms with Gasteiger partial charge in [-0.05, 0) is 67.2 Å². The molecule has 1 saturated heterocycles. The normalized spacial score (nSPS) is 21.5. The second-order valence-corrected chi connectivity index (χ2v) is 23.8. The molecule has 234 valence electrons. The molecule has 7 heteroatoms. The molecule has 0 saturated carbocycles. The van der Waals surface area contributed by atoms with Crippen LogP contribution in [0.3, 0.4) is 0 Å². The zero-order valence-electron chi connectivity index (χ0n) is 27.9. The smallest absolute Gasteiger partial charge is 0.261 e. The van der Waals surface area contributed by atoms with E-state index in [0.717, 1.165) is 6.42 Å². The van der Waals surface area contributed by atoms with Crippen molar-refractivity contribution >= 4 is 27.0 Å². The molecule has 1 aliphatic heterocycles. The van der Waals surface area contributed by atoms with Crippen molar-refractivity contribution in [1.82, 2.24) is 0 Å². The molecule has 0 aliphatic carbocycles. The van der Waals surface area contributed by atoms with E-state index in [9.17, 15) is 5.11 Å². The van der Waals surface area contributed by atoms with Gasteiger partial charge in [-0.15, -0.1) is 0 Å². The van der Waals surface area contributed by atoms with E-state index in [1.54, 1.807) is 0 Å². The third-order valence-corrected chi connectivity index (χ3v) is 18.4. The summed E-state index contributed by atoms with van der Waals surface area (Å²) >= 11 is 0. The van der Waals surface area contributed by atoms with E-state index >= 15 is 0 Å². The molecule has 2 aromatic carbocycles. The average Bonchev–Trinajstić information content (AvgIpc) is 3.20. The van der Waals surface area contributed by atoms with Crippen LogP contribution in [0.1, 0.15) is 75.2 Å². The van der Waals surface area contributed by atoms with Gasteiger partial charge in [-0.3, -0.25) is 0 Å². The Balaban J connectivity index is 1.93. The fourth-order valence-corrected chi connectivity index (χ4v) is 11.6. The highest BCUT2D eigenvalue weighted by molar-refractivity contribution is 6.99. The zero-order chi connectivity index (χ0) is 31.4. The van der Waals surface area contributed by atoms with Gasteiger partial charge in [0.05, 0.1) is 12.2 Å². The van der Waals surface area contributed by atoms with E-state index in [4.69, 9.17) is 18.3 Å². The quantitative estimate of drug-likeness (QED) is 0.203. The summed E-state index contributed by atoms with van der Waals surface area (Å²) in [5, 5.41) is 12.3. The Morgan fingerprint density at radius 2 is 1.38 bits per heavy atom. The van der Waals surface area contributed by atoms with E-state index in [1.807, 2.05) is 13.8 Å². The lowest BCUT2D eigenvalue weighted by Crippen LogP contribution is -2.67. The number of aliphatic hydroxyl groups excluding tert-OH is 1. The van der Waals surface area contributed by atoms with Crippen molar-refractivity contribution in [3.05, 3.63) is 72.8 Å². The first-order valence-corrected chi connectivity index (χ1v) is 20.3. The molecule has 0 radical (unpaired) electrons. The first-order valence-electron chi connectivity index (χ1n) is 15.5. The highest BCUT2D eigenvalue weighted by atomic mass is 28.4. The largest absolute Gasteiger partial charge is 0.408 e. The molecule has 5 nitrogen and oxygen atoms in total. The molecule has 0 amide bonds. The van der Waals surface area contributed by atoms with Gasteiger partial charge in [0, 0.05) is 12.7 Å². The van der Waals surface area contributed by atoms with Crippen LogP contribution in [0.2, 0.25) is 23.2 Å². The van der Waals surface area contributed by atoms with Crippen LogP contribution in [-0.2, 0) is 18.3 Å². The maximum absolute atomic E-state index is 9.77. The third-order valence-electron chi connectivity index (χ3n) is 8.78. The van der Waals surface area contributed by atoms with Gasteiger partial charge in [0.1, 0.15) is 6.10 Å². The predicted octanol–water partition coefficient (Wildman–Crippen LogP) is 7.19. The summed E-state index contributed by atoms with van der Waals surface area (Å²) < 4.78 is 26.9. The summed E-state index contributed by atoms with van der Waals surface area (Å²) in [7, 11) is -4.79. The van der Waals surface area contributed by atoms with Crippen molar-refractivity contribution in [2.24, 2.45) is 0 Å². The first-order chi connectivity index (χ1) is 19.4. The van der Waals surface area contributed by atoms with E-state index in [0.29, 0.717) is 6.42 Å². The van der Waals surface area contributed by atoms with Crippen molar-refractivity contribution in [3.63, 3.8) is 0 Å². The Morgan fingerprint density at radius 1 is 0.857 bits per heavy atom. The lowest BCUT2D eigenvalue weighted by Gasteiger charge is -2.44. The van der Waals surface area contributed by atoms with Crippen molar-refractivity contribution in [2.75, 3.05) is 6.61 Å². The fourth-order valence-electron chi connectivity index (χ4n) is 5.67. The Bertz CT molecular complexity index is 1100. The lowest BCUT2D eigenvalue weighted by molar-refractivity contribution is -0.152. The van der Waals surface area contributed by atoms with Crippen molar-refractivity contribution in [1.29, 1.82) is 0 Å². The third kappa shape index (κ3) is 8.11. The molecule has 0 bridgehead atoms. The molecule has 4 atom stereocenters. The summed E-state index contributed by atoms with van der Waals surface area (Å²) in [4.78, 5) is 0. The zero-order valence-corrected chi connectivity index (χ0v) is 29.9. The second-order valence-electron chi connectivity index (χ2n) is 14.7. The van der Waals surface area contributed by atoms with Gasteiger partial charge in [0.2, 0.25) is 0 Å². The van der Waals surface area contributed by atoms with E-state index in [1.165, 1.54) is 10.4 Å². The molecule has 1 N–H and O–H groups in total. The number of rotatable bonds is 12. The van der Waals surface area contributed by atoms with E-state index < -0.39 is 22.4 Å². The maximum atomic E-state index is 9.77. The van der Waals surface area contributed by atoms with Crippen molar-refractivity contribution in [2.45, 2.75) is 129 Å². The number of benzene rings is 2. The number of hydrogen-bond acceptors (Lipinski definition) is 5. The molecule has 1 aliphatic rings. The number of hydrogen-bond donors (Lipinski definition) is 1. The van der Waals surface area contributed by atoms with Gasteiger partial charge in [0.15, 0.2) is 14.1 Å². The number of ether oxygens (including phenoxy) is 2. The summed E-state index contributed by atoms with van der Waals surface area (Å²) in [5.41, 5.74) is 0. The molecule has 42 heavy (non-hydrogen) atoms. The lowest BCUT2D eigenvalue weighted by atomic mass is 10.0. The van der Waals surface area contributed by atoms with Crippen LogP contribution in [0.25, 0.3) is 0 Å². The van der Waals surface area contributed by atoms with Crippen molar-refractivity contribution < 1.29 is 23.4 Å². The molecule has 3 rings (SSSR count). The summed E-state index contributed by atoms with van der Waals surface area (Å²) in [6.45, 7) is 24.3. The summed E-state index contributed by atoms with van der Waals surface area (Å²) in [6.07, 6.45) is 4.75. The van der Waals surface area contributed by atoms with Gasteiger partial charge >= 0.3 is 0 Å². The topological polar surface area (TPSA) is 57.2 Å². The maximum Gasteiger partial charge on any atom is 0.261 e. The first kappa shape index (κ1) is 34.9. The van der Waals surface area contributed by atoms with Crippen LogP contribution >= 0.6 is 0 Å². The van der Waals surface area contributed by atoms with Crippen LogP contribution < -0.4 is 10.4 Å². The SMILES string of the molecule is C[C@H](C/C=C\C(O[Si](C)(C)C(C)(C)C)[C@H]1OC(C)(C)O[C@H]1CCO)O[Si](c1ccccc1)(c1ccccc1)C(C)(C)C. The highest BCUT2D eigenvalue weighted by Crippen LogP contribution is 2.41. The Hall–Kier alpha value is -1.59. The Kier molecular flexibility index (Phi) is 11.3. The van der Waals surface area contributed by atoms with Gasteiger partial charge in [-0.25, -0.2) is 0 Å². The van der Waals surface area contributed by atoms with Crippen LogP contribution in [0, 0.1) is 0 Å². The van der Waals surface area contributed by atoms with Crippen LogP contribution in [0.5, 0.6) is 0 Å². The van der Waals surface area contributed by atoms with Gasteiger partial charge in [0.25, 0.3) is 8.32 Å². The minimum atomic E-state index is -2.65. The minimum absolute atomic E-state index is 0.0218. The second kappa shape index (κ2) is 13.6. The number of aliphatic hydroxyl groups is 1. The molecular weight excluding hydrogens is 557 g/mol. The van der Waals surface area contributed by atoms with Crippen molar-refractivity contribution in [3.8, 4) is 0 Å².